The standard InChI is InChI=1S/C10H11NO4S/c1-14-8-6-16-5-7(8)4-15-11-9(12)2-3-10(11)13/h2-3,5-6,12-13H,4H2,1H3. The monoisotopic (exact) mass is 241 g/mol. The topological polar surface area (TPSA) is 63.9 Å². The van der Waals surface area contributed by atoms with E-state index in [1.807, 2.05) is 10.8 Å². The summed E-state index contributed by atoms with van der Waals surface area (Å²) in [5, 5.41) is 22.4. The minimum atomic E-state index is -0.147. The quantitative estimate of drug-likeness (QED) is 0.853. The fourth-order valence-corrected chi connectivity index (χ4v) is 2.05. The van der Waals surface area contributed by atoms with Crippen LogP contribution in [0.5, 0.6) is 17.5 Å². The van der Waals surface area contributed by atoms with Crippen molar-refractivity contribution < 1.29 is 19.8 Å². The third kappa shape index (κ3) is 1.92. The van der Waals surface area contributed by atoms with Gasteiger partial charge in [-0.25, -0.2) is 0 Å². The van der Waals surface area contributed by atoms with Gasteiger partial charge in [0.25, 0.3) is 0 Å². The van der Waals surface area contributed by atoms with Crippen molar-refractivity contribution in [2.75, 3.05) is 7.11 Å². The van der Waals surface area contributed by atoms with Crippen molar-refractivity contribution in [3.8, 4) is 17.5 Å². The lowest BCUT2D eigenvalue weighted by atomic mass is 10.3. The Morgan fingerprint density at radius 3 is 2.56 bits per heavy atom. The minimum absolute atomic E-state index is 0.147. The number of hydrogen-bond acceptors (Lipinski definition) is 5. The number of hydrogen-bond donors (Lipinski definition) is 2. The molecule has 2 rings (SSSR count). The summed E-state index contributed by atoms with van der Waals surface area (Å²) in [5.41, 5.74) is 0.861. The van der Waals surface area contributed by atoms with Gasteiger partial charge in [-0.1, -0.05) is 0 Å². The summed E-state index contributed by atoms with van der Waals surface area (Å²) in [4.78, 5) is 5.24. The summed E-state index contributed by atoms with van der Waals surface area (Å²) < 4.78 is 6.07. The van der Waals surface area contributed by atoms with Crippen molar-refractivity contribution in [1.82, 2.24) is 4.73 Å². The smallest absolute Gasteiger partial charge is 0.229 e. The van der Waals surface area contributed by atoms with E-state index in [1.165, 1.54) is 23.5 Å². The van der Waals surface area contributed by atoms with E-state index in [-0.39, 0.29) is 18.4 Å². The van der Waals surface area contributed by atoms with Crippen molar-refractivity contribution in [2.24, 2.45) is 0 Å². The highest BCUT2D eigenvalue weighted by atomic mass is 32.1. The number of methoxy groups -OCH3 is 1. The minimum Gasteiger partial charge on any atom is -0.495 e. The van der Waals surface area contributed by atoms with E-state index in [4.69, 9.17) is 9.57 Å². The second-order valence-corrected chi connectivity index (χ2v) is 3.83. The molecule has 86 valence electrons. The molecule has 2 aromatic rings. The van der Waals surface area contributed by atoms with Crippen molar-refractivity contribution in [3.05, 3.63) is 28.5 Å². The largest absolute Gasteiger partial charge is 0.495 e. The van der Waals surface area contributed by atoms with Gasteiger partial charge < -0.3 is 19.8 Å². The summed E-state index contributed by atoms with van der Waals surface area (Å²) in [6.07, 6.45) is 0. The Labute approximate surface area is 96.0 Å². The maximum absolute atomic E-state index is 9.34. The molecule has 0 saturated carbocycles. The molecule has 0 aliphatic carbocycles. The molecule has 0 aromatic carbocycles. The number of thiophene rings is 1. The van der Waals surface area contributed by atoms with E-state index in [0.717, 1.165) is 16.0 Å². The van der Waals surface area contributed by atoms with Crippen molar-refractivity contribution in [3.63, 3.8) is 0 Å². The lowest BCUT2D eigenvalue weighted by Gasteiger charge is -2.08. The van der Waals surface area contributed by atoms with Crippen LogP contribution in [0.15, 0.2) is 22.9 Å². The molecule has 0 bridgehead atoms. The summed E-state index contributed by atoms with van der Waals surface area (Å²) >= 11 is 1.50. The van der Waals surface area contributed by atoms with Crippen LogP contribution < -0.4 is 9.57 Å². The molecule has 0 fully saturated rings. The molecule has 2 heterocycles. The number of aromatic nitrogens is 1. The van der Waals surface area contributed by atoms with E-state index in [2.05, 4.69) is 0 Å². The lowest BCUT2D eigenvalue weighted by Crippen LogP contribution is -2.09. The van der Waals surface area contributed by atoms with E-state index < -0.39 is 0 Å². The molecular formula is C10H11NO4S. The van der Waals surface area contributed by atoms with Gasteiger partial charge in [-0.3, -0.25) is 0 Å². The lowest BCUT2D eigenvalue weighted by molar-refractivity contribution is 0.0635. The molecule has 0 amide bonds. The van der Waals surface area contributed by atoms with Gasteiger partial charge in [0.15, 0.2) is 0 Å². The molecule has 2 aromatic heterocycles. The third-order valence-electron chi connectivity index (χ3n) is 2.07. The van der Waals surface area contributed by atoms with Crippen molar-refractivity contribution in [2.45, 2.75) is 6.61 Å². The predicted molar refractivity (Wildman–Crippen MR) is 58.9 cm³/mol. The van der Waals surface area contributed by atoms with Crippen LogP contribution in [-0.4, -0.2) is 22.1 Å². The van der Waals surface area contributed by atoms with Crippen LogP contribution in [0.1, 0.15) is 5.56 Å². The van der Waals surface area contributed by atoms with Gasteiger partial charge in [-0.05, 0) is 0 Å². The van der Waals surface area contributed by atoms with Gasteiger partial charge in [0.1, 0.15) is 12.4 Å². The molecular weight excluding hydrogens is 230 g/mol. The first-order valence-electron chi connectivity index (χ1n) is 4.54. The van der Waals surface area contributed by atoms with Crippen LogP contribution in [-0.2, 0) is 6.61 Å². The fraction of sp³-hybridized carbons (Fsp3) is 0.200. The van der Waals surface area contributed by atoms with Gasteiger partial charge >= 0.3 is 0 Å². The maximum atomic E-state index is 9.34. The first-order valence-corrected chi connectivity index (χ1v) is 5.48. The Morgan fingerprint density at radius 2 is 1.94 bits per heavy atom. The number of nitrogens with zero attached hydrogens (tertiary/aromatic N) is 1. The van der Waals surface area contributed by atoms with Crippen LogP contribution in [0.25, 0.3) is 0 Å². The normalized spacial score (nSPS) is 10.3. The summed E-state index contributed by atoms with van der Waals surface area (Å²) in [6.45, 7) is 0.211. The Balaban J connectivity index is 2.08. The van der Waals surface area contributed by atoms with E-state index in [9.17, 15) is 10.2 Å². The molecule has 0 aliphatic heterocycles. The maximum Gasteiger partial charge on any atom is 0.229 e. The van der Waals surface area contributed by atoms with Gasteiger partial charge in [0.2, 0.25) is 11.8 Å². The second kappa shape index (κ2) is 4.36. The van der Waals surface area contributed by atoms with Crippen LogP contribution in [0.4, 0.5) is 0 Å². The average molecular weight is 241 g/mol. The zero-order valence-corrected chi connectivity index (χ0v) is 9.40. The Kier molecular flexibility index (Phi) is 2.91. The molecule has 6 heteroatoms. The predicted octanol–water partition coefficient (Wildman–Crippen LogP) is 1.60. The second-order valence-electron chi connectivity index (χ2n) is 3.08. The average Bonchev–Trinajstić information content (AvgIpc) is 2.84. The van der Waals surface area contributed by atoms with Crippen LogP contribution >= 0.6 is 11.3 Å². The SMILES string of the molecule is COc1cscc1COn1c(O)ccc1O. The van der Waals surface area contributed by atoms with Crippen molar-refractivity contribution in [1.29, 1.82) is 0 Å². The van der Waals surface area contributed by atoms with Gasteiger partial charge in [0.05, 0.1) is 7.11 Å². The van der Waals surface area contributed by atoms with Crippen molar-refractivity contribution >= 4 is 11.3 Å². The molecule has 0 spiro atoms. The van der Waals surface area contributed by atoms with E-state index in [1.54, 1.807) is 7.11 Å². The molecule has 0 unspecified atom stereocenters. The Bertz CT molecular complexity index is 457. The Morgan fingerprint density at radius 1 is 1.25 bits per heavy atom. The zero-order valence-electron chi connectivity index (χ0n) is 8.58. The number of ether oxygens (including phenoxy) is 1. The fourth-order valence-electron chi connectivity index (χ4n) is 1.26. The summed E-state index contributed by atoms with van der Waals surface area (Å²) in [6, 6.07) is 2.69. The first-order chi connectivity index (χ1) is 7.72. The van der Waals surface area contributed by atoms with Gasteiger partial charge in [0, 0.05) is 28.5 Å². The van der Waals surface area contributed by atoms with Crippen LogP contribution in [0.2, 0.25) is 0 Å². The molecule has 5 nitrogen and oxygen atoms in total. The highest BCUT2D eigenvalue weighted by Crippen LogP contribution is 2.24. The highest BCUT2D eigenvalue weighted by Gasteiger charge is 2.09. The van der Waals surface area contributed by atoms with Gasteiger partial charge in [-0.2, -0.15) is 0 Å². The van der Waals surface area contributed by atoms with Gasteiger partial charge in [-0.15, -0.1) is 16.1 Å². The number of aromatic hydroxyl groups is 2. The Hall–Kier alpha value is -1.82. The highest BCUT2D eigenvalue weighted by molar-refractivity contribution is 7.08. The van der Waals surface area contributed by atoms with Crippen LogP contribution in [0, 0.1) is 0 Å². The molecule has 16 heavy (non-hydrogen) atoms. The number of rotatable bonds is 4. The molecule has 0 radical (unpaired) electrons. The third-order valence-corrected chi connectivity index (χ3v) is 2.84. The first kappa shape index (κ1) is 10.7. The van der Waals surface area contributed by atoms with E-state index >= 15 is 0 Å². The summed E-state index contributed by atoms with van der Waals surface area (Å²) in [5.74, 6) is 0.439. The zero-order chi connectivity index (χ0) is 11.5. The van der Waals surface area contributed by atoms with Crippen LogP contribution in [0.3, 0.4) is 0 Å². The molecule has 0 aliphatic rings. The molecule has 0 saturated heterocycles. The molecule has 2 N–H and O–H groups in total. The summed E-state index contributed by atoms with van der Waals surface area (Å²) in [7, 11) is 1.58. The molecule has 0 atom stereocenters. The van der Waals surface area contributed by atoms with E-state index in [0.29, 0.717) is 0 Å².